The zero-order valence-corrected chi connectivity index (χ0v) is 16.0. The maximum Gasteiger partial charge on any atom is 0.373 e. The van der Waals surface area contributed by atoms with Crippen molar-refractivity contribution in [2.24, 2.45) is 0 Å². The molecule has 0 radical (unpaired) electrons. The molecule has 2 aromatic rings. The molecule has 8 nitrogen and oxygen atoms in total. The van der Waals surface area contributed by atoms with Crippen molar-refractivity contribution < 1.29 is 9.66 Å². The number of likely N-dealkylation sites (tertiary alicyclic amines) is 1. The highest BCUT2D eigenvalue weighted by atomic mass is 16.6. The molecule has 1 aliphatic rings. The predicted octanol–water partition coefficient (Wildman–Crippen LogP) is 3.27. The first-order valence-electron chi connectivity index (χ1n) is 9.17. The predicted molar refractivity (Wildman–Crippen MR) is 104 cm³/mol. The second-order valence-electron chi connectivity index (χ2n) is 6.85. The van der Waals surface area contributed by atoms with Crippen LogP contribution in [0.2, 0.25) is 0 Å². The van der Waals surface area contributed by atoms with Gasteiger partial charge in [0.05, 0.1) is 4.92 Å². The van der Waals surface area contributed by atoms with Crippen LogP contribution >= 0.6 is 0 Å². The van der Waals surface area contributed by atoms with Crippen LogP contribution in [0.4, 0.5) is 11.5 Å². The Morgan fingerprint density at radius 2 is 1.93 bits per heavy atom. The topological polar surface area (TPSA) is 84.6 Å². The van der Waals surface area contributed by atoms with Gasteiger partial charge in [-0.25, -0.2) is 4.98 Å². The molecule has 0 atom stereocenters. The third-order valence-corrected chi connectivity index (χ3v) is 5.07. The van der Waals surface area contributed by atoms with Crippen LogP contribution in [0.1, 0.15) is 25.3 Å². The van der Waals surface area contributed by atoms with Crippen LogP contribution in [-0.2, 0) is 6.42 Å². The fraction of sp³-hybridized carbons (Fsp3) is 0.474. The van der Waals surface area contributed by atoms with Gasteiger partial charge in [0.25, 0.3) is 0 Å². The van der Waals surface area contributed by atoms with E-state index in [0.717, 1.165) is 32.4 Å². The van der Waals surface area contributed by atoms with Crippen LogP contribution in [0.5, 0.6) is 11.6 Å². The smallest absolute Gasteiger partial charge is 0.373 e. The number of nitrogens with zero attached hydrogens (tertiary/aromatic N) is 5. The third kappa shape index (κ3) is 4.33. The molecule has 2 heterocycles. The van der Waals surface area contributed by atoms with Crippen molar-refractivity contribution in [3.63, 3.8) is 0 Å². The molecule has 0 spiro atoms. The summed E-state index contributed by atoms with van der Waals surface area (Å²) in [6.45, 7) is 3.98. The monoisotopic (exact) mass is 371 g/mol. The summed E-state index contributed by atoms with van der Waals surface area (Å²) in [4.78, 5) is 23.7. The summed E-state index contributed by atoms with van der Waals surface area (Å²) in [5.41, 5.74) is 0.973. The third-order valence-electron chi connectivity index (χ3n) is 5.07. The molecule has 1 fully saturated rings. The Morgan fingerprint density at radius 1 is 1.26 bits per heavy atom. The average molecular weight is 371 g/mol. The summed E-state index contributed by atoms with van der Waals surface area (Å²) >= 11 is 0. The Bertz CT molecular complexity index is 788. The molecule has 8 heteroatoms. The van der Waals surface area contributed by atoms with Crippen LogP contribution in [0, 0.1) is 10.1 Å². The molecule has 0 amide bonds. The first kappa shape index (κ1) is 19.0. The van der Waals surface area contributed by atoms with Gasteiger partial charge in [0, 0.05) is 13.1 Å². The molecule has 27 heavy (non-hydrogen) atoms. The lowest BCUT2D eigenvalue weighted by Crippen LogP contribution is -2.42. The van der Waals surface area contributed by atoms with Crippen molar-refractivity contribution >= 4 is 11.5 Å². The first-order chi connectivity index (χ1) is 13.0. The lowest BCUT2D eigenvalue weighted by Gasteiger charge is -2.35. The van der Waals surface area contributed by atoms with E-state index >= 15 is 0 Å². The van der Waals surface area contributed by atoms with Crippen molar-refractivity contribution in [1.29, 1.82) is 0 Å². The van der Waals surface area contributed by atoms with E-state index in [1.807, 2.05) is 24.1 Å². The molecule has 0 saturated carbocycles. The minimum absolute atomic E-state index is 0.0333. The van der Waals surface area contributed by atoms with Crippen molar-refractivity contribution in [1.82, 2.24) is 14.9 Å². The Hall–Kier alpha value is -2.74. The molecule has 1 aliphatic heterocycles. The van der Waals surface area contributed by atoms with E-state index in [9.17, 15) is 10.1 Å². The number of hydrogen-bond acceptors (Lipinski definition) is 7. The normalized spacial score (nSPS) is 15.5. The van der Waals surface area contributed by atoms with Gasteiger partial charge in [0.1, 0.15) is 12.1 Å². The van der Waals surface area contributed by atoms with Crippen molar-refractivity contribution in [2.45, 2.75) is 32.2 Å². The molecular formula is C19H25N5O3. The van der Waals surface area contributed by atoms with Gasteiger partial charge in [-0.2, -0.15) is 4.98 Å². The van der Waals surface area contributed by atoms with E-state index in [1.54, 1.807) is 12.1 Å². The SMILES string of the molecule is CCc1ccc(Oc2ncnc(N(C)C3CCN(C)CC3)c2[N+](=O)[O-])cc1. The lowest BCUT2D eigenvalue weighted by molar-refractivity contribution is -0.385. The van der Waals surface area contributed by atoms with Crippen molar-refractivity contribution in [3.8, 4) is 11.6 Å². The Labute approximate surface area is 158 Å². The van der Waals surface area contributed by atoms with Crippen LogP contribution in [0.15, 0.2) is 30.6 Å². The van der Waals surface area contributed by atoms with E-state index in [2.05, 4.69) is 28.8 Å². The van der Waals surface area contributed by atoms with Gasteiger partial charge >= 0.3 is 11.6 Å². The van der Waals surface area contributed by atoms with Crippen LogP contribution < -0.4 is 9.64 Å². The summed E-state index contributed by atoms with van der Waals surface area (Å²) < 4.78 is 5.74. The number of rotatable bonds is 6. The Morgan fingerprint density at radius 3 is 2.52 bits per heavy atom. The lowest BCUT2D eigenvalue weighted by atomic mass is 10.0. The summed E-state index contributed by atoms with van der Waals surface area (Å²) in [7, 11) is 3.93. The van der Waals surface area contributed by atoms with Gasteiger partial charge in [-0.3, -0.25) is 10.1 Å². The zero-order chi connectivity index (χ0) is 19.4. The number of ether oxygens (including phenoxy) is 1. The summed E-state index contributed by atoms with van der Waals surface area (Å²) in [6, 6.07) is 7.67. The maximum atomic E-state index is 11.8. The van der Waals surface area contributed by atoms with E-state index in [1.165, 1.54) is 11.9 Å². The van der Waals surface area contributed by atoms with Crippen LogP contribution in [0.25, 0.3) is 0 Å². The standard InChI is InChI=1S/C19H25N5O3/c1-4-14-5-7-16(8-6-14)27-19-17(24(25)26)18(20-13-21-19)23(3)15-9-11-22(2)12-10-15/h5-8,13,15H,4,9-12H2,1-3H3. The summed E-state index contributed by atoms with van der Waals surface area (Å²) in [5.74, 6) is 0.778. The van der Waals surface area contributed by atoms with Gasteiger partial charge in [0.15, 0.2) is 0 Å². The molecule has 1 aromatic carbocycles. The molecule has 3 rings (SSSR count). The fourth-order valence-corrected chi connectivity index (χ4v) is 3.31. The number of nitro groups is 1. The zero-order valence-electron chi connectivity index (χ0n) is 16.0. The number of benzene rings is 1. The van der Waals surface area contributed by atoms with Gasteiger partial charge in [-0.05, 0) is 57.1 Å². The van der Waals surface area contributed by atoms with Gasteiger partial charge < -0.3 is 14.5 Å². The van der Waals surface area contributed by atoms with E-state index in [4.69, 9.17) is 4.74 Å². The van der Waals surface area contributed by atoms with Crippen LogP contribution in [-0.4, -0.2) is 53.0 Å². The molecule has 144 valence electrons. The molecule has 0 N–H and O–H groups in total. The molecule has 1 aromatic heterocycles. The van der Waals surface area contributed by atoms with Gasteiger partial charge in [0.2, 0.25) is 5.82 Å². The molecule has 0 unspecified atom stereocenters. The first-order valence-corrected chi connectivity index (χ1v) is 9.17. The second-order valence-corrected chi connectivity index (χ2v) is 6.85. The fourth-order valence-electron chi connectivity index (χ4n) is 3.31. The number of anilines is 1. The maximum absolute atomic E-state index is 11.8. The number of aryl methyl sites for hydroxylation is 1. The van der Waals surface area contributed by atoms with E-state index in [-0.39, 0.29) is 17.6 Å². The highest BCUT2D eigenvalue weighted by Gasteiger charge is 2.31. The summed E-state index contributed by atoms with van der Waals surface area (Å²) in [5, 5.41) is 11.8. The Balaban J connectivity index is 1.88. The highest BCUT2D eigenvalue weighted by Crippen LogP contribution is 2.37. The van der Waals surface area contributed by atoms with Gasteiger partial charge in [-0.15, -0.1) is 0 Å². The minimum atomic E-state index is -0.462. The van der Waals surface area contributed by atoms with Crippen molar-refractivity contribution in [3.05, 3.63) is 46.3 Å². The number of hydrogen-bond donors (Lipinski definition) is 0. The summed E-state index contributed by atoms with van der Waals surface area (Å²) in [6.07, 6.45) is 4.11. The molecule has 0 aliphatic carbocycles. The minimum Gasteiger partial charge on any atom is -0.434 e. The molecular weight excluding hydrogens is 346 g/mol. The number of aromatic nitrogens is 2. The average Bonchev–Trinajstić information content (AvgIpc) is 2.68. The van der Waals surface area contributed by atoms with E-state index < -0.39 is 4.92 Å². The molecule has 0 bridgehead atoms. The largest absolute Gasteiger partial charge is 0.434 e. The molecule has 1 saturated heterocycles. The highest BCUT2D eigenvalue weighted by molar-refractivity contribution is 5.63. The second kappa shape index (κ2) is 8.30. The van der Waals surface area contributed by atoms with E-state index in [0.29, 0.717) is 11.6 Å². The van der Waals surface area contributed by atoms with Crippen LogP contribution in [0.3, 0.4) is 0 Å². The van der Waals surface area contributed by atoms with Crippen molar-refractivity contribution in [2.75, 3.05) is 32.1 Å². The number of piperidine rings is 1. The Kier molecular flexibility index (Phi) is 5.85. The van der Waals surface area contributed by atoms with Gasteiger partial charge in [-0.1, -0.05) is 19.1 Å². The quantitative estimate of drug-likeness (QED) is 0.569.